The Morgan fingerprint density at radius 1 is 1.52 bits per heavy atom. The third kappa shape index (κ3) is 4.42. The zero-order chi connectivity index (χ0) is 15.2. The van der Waals surface area contributed by atoms with E-state index in [-0.39, 0.29) is 25.4 Å². The lowest BCUT2D eigenvalue weighted by Crippen LogP contribution is -2.32. The Balaban J connectivity index is 1.81. The monoisotopic (exact) mass is 293 g/mol. The summed E-state index contributed by atoms with van der Waals surface area (Å²) in [5.41, 5.74) is 5.81. The molecule has 2 heterocycles. The highest BCUT2D eigenvalue weighted by molar-refractivity contribution is 5.75. The van der Waals surface area contributed by atoms with E-state index in [4.69, 9.17) is 15.3 Å². The van der Waals surface area contributed by atoms with Crippen LogP contribution < -0.4 is 11.1 Å². The van der Waals surface area contributed by atoms with Crippen LogP contribution in [0, 0.1) is 0 Å². The number of nitrogens with zero attached hydrogens (tertiary/aromatic N) is 3. The molecule has 0 aromatic carbocycles. The van der Waals surface area contributed by atoms with Crippen molar-refractivity contribution < 1.29 is 19.1 Å². The molecule has 0 saturated heterocycles. The van der Waals surface area contributed by atoms with Gasteiger partial charge in [0, 0.05) is 12.6 Å². The second-order valence-electron chi connectivity index (χ2n) is 4.41. The standard InChI is InChI=1S/C12H15N5O4/c13-10(12(19)20)4-8-6-17(16-15-8)7-11(18)14-5-9-2-1-3-21-9/h1-3,6,10H,4-5,7,13H2,(H,14,18)(H,19,20). The number of furan rings is 1. The first-order valence-corrected chi connectivity index (χ1v) is 6.21. The Kier molecular flexibility index (Phi) is 4.67. The molecule has 9 nitrogen and oxygen atoms in total. The normalized spacial score (nSPS) is 12.0. The van der Waals surface area contributed by atoms with Crippen LogP contribution in [-0.4, -0.2) is 38.0 Å². The zero-order valence-corrected chi connectivity index (χ0v) is 11.1. The van der Waals surface area contributed by atoms with Crippen molar-refractivity contribution in [2.75, 3.05) is 0 Å². The Labute approximate surface area is 119 Å². The number of aromatic nitrogens is 3. The smallest absolute Gasteiger partial charge is 0.320 e. The molecular weight excluding hydrogens is 278 g/mol. The molecular formula is C12H15N5O4. The lowest BCUT2D eigenvalue weighted by molar-refractivity contribution is -0.138. The van der Waals surface area contributed by atoms with Gasteiger partial charge in [-0.15, -0.1) is 5.10 Å². The highest BCUT2D eigenvalue weighted by Gasteiger charge is 2.15. The largest absolute Gasteiger partial charge is 0.480 e. The number of carbonyl (C=O) groups excluding carboxylic acids is 1. The lowest BCUT2D eigenvalue weighted by Gasteiger charge is -2.03. The number of nitrogens with one attached hydrogen (secondary N) is 1. The highest BCUT2D eigenvalue weighted by atomic mass is 16.4. The number of amides is 1. The first kappa shape index (κ1) is 14.7. The number of nitrogens with two attached hydrogens (primary N) is 1. The van der Waals surface area contributed by atoms with Gasteiger partial charge in [0.2, 0.25) is 5.91 Å². The molecule has 1 unspecified atom stereocenters. The molecule has 112 valence electrons. The fourth-order valence-corrected chi connectivity index (χ4v) is 1.62. The minimum Gasteiger partial charge on any atom is -0.480 e. The third-order valence-electron chi connectivity index (χ3n) is 2.68. The van der Waals surface area contributed by atoms with E-state index in [0.717, 1.165) is 0 Å². The van der Waals surface area contributed by atoms with Crippen molar-refractivity contribution in [2.45, 2.75) is 25.6 Å². The number of hydrogen-bond donors (Lipinski definition) is 3. The fourth-order valence-electron chi connectivity index (χ4n) is 1.62. The number of aliphatic carboxylic acids is 1. The van der Waals surface area contributed by atoms with Gasteiger partial charge in [0.25, 0.3) is 0 Å². The molecule has 9 heteroatoms. The van der Waals surface area contributed by atoms with Gasteiger partial charge in [0.15, 0.2) is 0 Å². The van der Waals surface area contributed by atoms with Gasteiger partial charge in [-0.3, -0.25) is 9.59 Å². The van der Waals surface area contributed by atoms with Crippen LogP contribution in [0.15, 0.2) is 29.0 Å². The van der Waals surface area contributed by atoms with Crippen molar-refractivity contribution in [2.24, 2.45) is 5.73 Å². The van der Waals surface area contributed by atoms with E-state index >= 15 is 0 Å². The summed E-state index contributed by atoms with van der Waals surface area (Å²) < 4.78 is 6.41. The van der Waals surface area contributed by atoms with Crippen LogP contribution in [0.4, 0.5) is 0 Å². The maximum atomic E-state index is 11.7. The molecule has 1 atom stereocenters. The molecule has 0 aliphatic rings. The summed E-state index contributed by atoms with van der Waals surface area (Å²) in [6, 6.07) is 2.45. The van der Waals surface area contributed by atoms with Gasteiger partial charge in [0.1, 0.15) is 18.3 Å². The molecule has 0 aliphatic heterocycles. The van der Waals surface area contributed by atoms with E-state index in [1.165, 1.54) is 17.1 Å². The van der Waals surface area contributed by atoms with Crippen LogP contribution in [0.1, 0.15) is 11.5 Å². The number of rotatable bonds is 7. The molecule has 4 N–H and O–H groups in total. The number of carbonyl (C=O) groups is 2. The van der Waals surface area contributed by atoms with Gasteiger partial charge in [-0.05, 0) is 12.1 Å². The topological polar surface area (TPSA) is 136 Å². The maximum absolute atomic E-state index is 11.7. The van der Waals surface area contributed by atoms with Crippen molar-refractivity contribution in [1.82, 2.24) is 20.3 Å². The molecule has 0 radical (unpaired) electrons. The second kappa shape index (κ2) is 6.66. The number of hydrogen-bond acceptors (Lipinski definition) is 6. The van der Waals surface area contributed by atoms with Gasteiger partial charge in [0.05, 0.1) is 18.5 Å². The molecule has 0 aliphatic carbocycles. The summed E-state index contributed by atoms with van der Waals surface area (Å²) in [5.74, 6) is -0.721. The molecule has 0 saturated carbocycles. The number of carboxylic acid groups (broad SMARTS) is 1. The summed E-state index contributed by atoms with van der Waals surface area (Å²) in [6.07, 6.45) is 3.08. The van der Waals surface area contributed by atoms with E-state index in [1.54, 1.807) is 12.1 Å². The predicted octanol–water partition coefficient (Wildman–Crippen LogP) is -0.858. The third-order valence-corrected chi connectivity index (χ3v) is 2.68. The van der Waals surface area contributed by atoms with Gasteiger partial charge < -0.3 is 20.6 Å². The van der Waals surface area contributed by atoms with Gasteiger partial charge in [-0.2, -0.15) is 0 Å². The Bertz CT molecular complexity index is 607. The molecule has 2 rings (SSSR count). The van der Waals surface area contributed by atoms with Crippen molar-refractivity contribution in [3.63, 3.8) is 0 Å². The Hall–Kier alpha value is -2.68. The lowest BCUT2D eigenvalue weighted by atomic mass is 10.2. The van der Waals surface area contributed by atoms with Gasteiger partial charge in [-0.25, -0.2) is 4.68 Å². The zero-order valence-electron chi connectivity index (χ0n) is 11.1. The molecule has 2 aromatic heterocycles. The van der Waals surface area contributed by atoms with Crippen molar-refractivity contribution in [3.05, 3.63) is 36.0 Å². The van der Waals surface area contributed by atoms with E-state index in [0.29, 0.717) is 11.5 Å². The Morgan fingerprint density at radius 2 is 2.33 bits per heavy atom. The predicted molar refractivity (Wildman–Crippen MR) is 69.9 cm³/mol. The molecule has 0 fully saturated rings. The van der Waals surface area contributed by atoms with E-state index < -0.39 is 12.0 Å². The summed E-state index contributed by atoms with van der Waals surface area (Å²) in [5, 5.41) is 18.9. The van der Waals surface area contributed by atoms with Crippen LogP contribution >= 0.6 is 0 Å². The molecule has 2 aromatic rings. The first-order valence-electron chi connectivity index (χ1n) is 6.21. The van der Waals surface area contributed by atoms with Gasteiger partial charge in [-0.1, -0.05) is 5.21 Å². The minimum absolute atomic E-state index is 0.0178. The summed E-state index contributed by atoms with van der Waals surface area (Å²) in [7, 11) is 0. The minimum atomic E-state index is -1.11. The Morgan fingerprint density at radius 3 is 3.00 bits per heavy atom. The van der Waals surface area contributed by atoms with Gasteiger partial charge >= 0.3 is 5.97 Å². The molecule has 0 spiro atoms. The maximum Gasteiger partial charge on any atom is 0.320 e. The average Bonchev–Trinajstić information content (AvgIpc) is 3.08. The van der Waals surface area contributed by atoms with Crippen LogP contribution in [0.25, 0.3) is 0 Å². The first-order chi connectivity index (χ1) is 10.0. The van der Waals surface area contributed by atoms with Crippen molar-refractivity contribution >= 4 is 11.9 Å². The van der Waals surface area contributed by atoms with Crippen LogP contribution in [0.3, 0.4) is 0 Å². The van der Waals surface area contributed by atoms with Crippen LogP contribution in [0.2, 0.25) is 0 Å². The highest BCUT2D eigenvalue weighted by Crippen LogP contribution is 2.00. The summed E-state index contributed by atoms with van der Waals surface area (Å²) in [4.78, 5) is 22.3. The van der Waals surface area contributed by atoms with E-state index in [2.05, 4.69) is 15.6 Å². The summed E-state index contributed by atoms with van der Waals surface area (Å²) in [6.45, 7) is 0.271. The van der Waals surface area contributed by atoms with Crippen LogP contribution in [-0.2, 0) is 29.1 Å². The summed E-state index contributed by atoms with van der Waals surface area (Å²) >= 11 is 0. The molecule has 1 amide bonds. The van der Waals surface area contributed by atoms with E-state index in [1.807, 2.05) is 0 Å². The van der Waals surface area contributed by atoms with Crippen LogP contribution in [0.5, 0.6) is 0 Å². The quantitative estimate of drug-likeness (QED) is 0.604. The number of carboxylic acids is 1. The average molecular weight is 293 g/mol. The molecule has 21 heavy (non-hydrogen) atoms. The second-order valence-corrected chi connectivity index (χ2v) is 4.41. The fraction of sp³-hybridized carbons (Fsp3) is 0.333. The van der Waals surface area contributed by atoms with E-state index in [9.17, 15) is 9.59 Å². The molecule has 0 bridgehead atoms. The van der Waals surface area contributed by atoms with Crippen molar-refractivity contribution in [1.29, 1.82) is 0 Å². The van der Waals surface area contributed by atoms with Crippen molar-refractivity contribution in [3.8, 4) is 0 Å². The SMILES string of the molecule is NC(Cc1cn(CC(=O)NCc2ccco2)nn1)C(=O)O.